The Labute approximate surface area is 335 Å². The monoisotopic (exact) mass is 788 g/mol. The lowest BCUT2D eigenvalue weighted by atomic mass is 9.85. The molecule has 5 rings (SSSR count). The molecule has 0 bridgehead atoms. The molecule has 0 aromatic heterocycles. The smallest absolute Gasteiger partial charge is 0.407 e. The first-order valence-corrected chi connectivity index (χ1v) is 22.5. The van der Waals surface area contributed by atoms with Crippen LogP contribution in [0.2, 0.25) is 16.6 Å². The number of likely N-dealkylation sites (tertiary alicyclic amines) is 1. The molecule has 0 radical (unpaired) electrons. The Morgan fingerprint density at radius 1 is 0.946 bits per heavy atom. The molecule has 1 saturated heterocycles. The summed E-state index contributed by atoms with van der Waals surface area (Å²) in [6.45, 7) is 20.4. The van der Waals surface area contributed by atoms with Gasteiger partial charge in [-0.1, -0.05) is 84.0 Å². The van der Waals surface area contributed by atoms with Crippen LogP contribution in [0.4, 0.5) is 10.5 Å². The highest BCUT2D eigenvalue weighted by atomic mass is 28.4. The highest BCUT2D eigenvalue weighted by molar-refractivity contribution is 6.77. The molecule has 3 atom stereocenters. The van der Waals surface area contributed by atoms with Crippen molar-refractivity contribution in [3.8, 4) is 11.5 Å². The van der Waals surface area contributed by atoms with E-state index in [1.165, 1.54) is 4.90 Å². The molecule has 306 valence electrons. The van der Waals surface area contributed by atoms with Crippen LogP contribution in [-0.4, -0.2) is 76.4 Å². The van der Waals surface area contributed by atoms with Crippen molar-refractivity contribution in [1.82, 2.24) is 4.90 Å². The number of hydrogen-bond acceptors (Lipinski definition) is 7. The Morgan fingerprint density at radius 2 is 1.64 bits per heavy atom. The van der Waals surface area contributed by atoms with E-state index >= 15 is 0 Å². The highest BCUT2D eigenvalue weighted by Gasteiger charge is 2.45. The standard InChI is InChI=1S/C45H64N2O8Si/c1-30(2)56(31(3)4,32(5)6)54-26-22-41(34-17-20-38-39(27-34)46-43(48)45(38,7)8)55-42-28-47(44(49)50)23-21-37(42)33-15-18-36(19-16-33)53-25-12-24-52-29-35-13-10-11-14-40(35)51-9/h10-11,13-20,27,30-32,37,41-42H,12,21-26,28-29H2,1-9H3,(H,46,48)(H,49,50). The van der Waals surface area contributed by atoms with E-state index in [9.17, 15) is 14.7 Å². The number of nitrogens with one attached hydrogen (secondary N) is 1. The molecular formula is C45H64N2O8Si. The lowest BCUT2D eigenvalue weighted by molar-refractivity contribution is -0.119. The van der Waals surface area contributed by atoms with Gasteiger partial charge in [0.15, 0.2) is 8.32 Å². The van der Waals surface area contributed by atoms with Gasteiger partial charge < -0.3 is 38.7 Å². The van der Waals surface area contributed by atoms with Crippen molar-refractivity contribution in [2.45, 2.75) is 121 Å². The fraction of sp³-hybridized carbons (Fsp3) is 0.556. The molecule has 3 aromatic carbocycles. The maximum Gasteiger partial charge on any atom is 0.407 e. The molecule has 0 aliphatic carbocycles. The molecule has 3 unspecified atom stereocenters. The van der Waals surface area contributed by atoms with Gasteiger partial charge in [-0.3, -0.25) is 4.79 Å². The Hall–Kier alpha value is -3.90. The largest absolute Gasteiger partial charge is 0.496 e. The van der Waals surface area contributed by atoms with Crippen molar-refractivity contribution in [3.63, 3.8) is 0 Å². The molecule has 3 aromatic rings. The lowest BCUT2D eigenvalue weighted by Crippen LogP contribution is -2.48. The minimum atomic E-state index is -2.15. The topological polar surface area (TPSA) is 116 Å². The van der Waals surface area contributed by atoms with Crippen LogP contribution in [0.15, 0.2) is 66.7 Å². The summed E-state index contributed by atoms with van der Waals surface area (Å²) in [6.07, 6.45) is 0.235. The number of fused-ring (bicyclic) bond motifs is 1. The summed E-state index contributed by atoms with van der Waals surface area (Å²) in [6, 6.07) is 22.1. The van der Waals surface area contributed by atoms with Crippen LogP contribution in [0, 0.1) is 0 Å². The van der Waals surface area contributed by atoms with Gasteiger partial charge in [-0.2, -0.15) is 0 Å². The van der Waals surface area contributed by atoms with E-state index in [4.69, 9.17) is 23.4 Å². The number of benzene rings is 3. The number of amides is 2. The molecule has 2 amide bonds. The number of nitrogens with zero attached hydrogens (tertiary/aromatic N) is 1. The summed E-state index contributed by atoms with van der Waals surface area (Å²) >= 11 is 0. The van der Waals surface area contributed by atoms with Crippen LogP contribution < -0.4 is 14.8 Å². The fourth-order valence-corrected chi connectivity index (χ4v) is 14.4. The fourth-order valence-electron chi connectivity index (χ4n) is 8.95. The Balaban J connectivity index is 1.31. The quantitative estimate of drug-likeness (QED) is 0.0912. The Morgan fingerprint density at radius 3 is 2.30 bits per heavy atom. The number of carboxylic acid groups (broad SMARTS) is 1. The summed E-state index contributed by atoms with van der Waals surface area (Å²) in [5.74, 6) is 1.53. The first-order valence-electron chi connectivity index (χ1n) is 20.3. The van der Waals surface area contributed by atoms with Crippen molar-refractivity contribution in [2.75, 3.05) is 45.3 Å². The van der Waals surface area contributed by atoms with Gasteiger partial charge in [-0.05, 0) is 84.3 Å². The maximum absolute atomic E-state index is 12.9. The minimum absolute atomic E-state index is 0.0265. The van der Waals surface area contributed by atoms with Crippen LogP contribution in [0.25, 0.3) is 0 Å². The second-order valence-electron chi connectivity index (χ2n) is 16.8. The zero-order valence-electron chi connectivity index (χ0n) is 34.9. The van der Waals surface area contributed by atoms with Gasteiger partial charge in [0.2, 0.25) is 5.91 Å². The molecule has 0 spiro atoms. The summed E-state index contributed by atoms with van der Waals surface area (Å²) < 4.78 is 31.5. The zero-order chi connectivity index (χ0) is 40.6. The van der Waals surface area contributed by atoms with E-state index in [1.54, 1.807) is 7.11 Å². The summed E-state index contributed by atoms with van der Waals surface area (Å²) in [7, 11) is -0.485. The molecule has 10 nitrogen and oxygen atoms in total. The van der Waals surface area contributed by atoms with Gasteiger partial charge in [0, 0.05) is 36.7 Å². The first-order chi connectivity index (χ1) is 26.7. The van der Waals surface area contributed by atoms with Crippen LogP contribution >= 0.6 is 0 Å². The van der Waals surface area contributed by atoms with Gasteiger partial charge in [0.05, 0.1) is 51.1 Å². The van der Waals surface area contributed by atoms with Crippen molar-refractivity contribution < 1.29 is 38.1 Å². The average molecular weight is 789 g/mol. The number of anilines is 1. The summed E-state index contributed by atoms with van der Waals surface area (Å²) in [5.41, 5.74) is 5.49. The predicted octanol–water partition coefficient (Wildman–Crippen LogP) is 10.1. The molecule has 2 N–H and O–H groups in total. The number of rotatable bonds is 19. The predicted molar refractivity (Wildman–Crippen MR) is 223 cm³/mol. The Bertz CT molecular complexity index is 1740. The lowest BCUT2D eigenvalue weighted by Gasteiger charge is -2.43. The Kier molecular flexibility index (Phi) is 14.7. The van der Waals surface area contributed by atoms with Crippen molar-refractivity contribution in [2.24, 2.45) is 0 Å². The van der Waals surface area contributed by atoms with E-state index in [0.717, 1.165) is 45.9 Å². The maximum atomic E-state index is 12.9. The SMILES string of the molecule is COc1ccccc1COCCCOc1ccc(C2CCN(C(=O)O)CC2OC(CCO[Si](C(C)C)(C(C)C)C(C)C)c2ccc3c(c2)NC(=O)C3(C)C)cc1. The molecule has 56 heavy (non-hydrogen) atoms. The third-order valence-electron chi connectivity index (χ3n) is 12.0. The van der Waals surface area contributed by atoms with Crippen LogP contribution in [0.5, 0.6) is 11.5 Å². The van der Waals surface area contributed by atoms with E-state index in [1.807, 2.05) is 62.4 Å². The molecule has 1 fully saturated rings. The van der Waals surface area contributed by atoms with E-state index < -0.39 is 25.9 Å². The van der Waals surface area contributed by atoms with Crippen LogP contribution in [0.3, 0.4) is 0 Å². The van der Waals surface area contributed by atoms with Crippen molar-refractivity contribution >= 4 is 26.0 Å². The molecule has 0 saturated carbocycles. The molecule has 11 heteroatoms. The molecule has 2 heterocycles. The molecule has 2 aliphatic rings. The summed E-state index contributed by atoms with van der Waals surface area (Å²) in [5, 5.41) is 13.1. The van der Waals surface area contributed by atoms with Crippen LogP contribution in [-0.2, 0) is 30.7 Å². The molecular weight excluding hydrogens is 725 g/mol. The van der Waals surface area contributed by atoms with E-state index in [-0.39, 0.29) is 24.5 Å². The van der Waals surface area contributed by atoms with Crippen LogP contribution in [0.1, 0.15) is 109 Å². The molecule has 2 aliphatic heterocycles. The normalized spacial score (nSPS) is 18.6. The number of carbonyl (C=O) groups excluding carboxylic acids is 1. The summed E-state index contributed by atoms with van der Waals surface area (Å²) in [4.78, 5) is 26.6. The van der Waals surface area contributed by atoms with Gasteiger partial charge in [0.25, 0.3) is 0 Å². The van der Waals surface area contributed by atoms with Gasteiger partial charge in [-0.25, -0.2) is 4.79 Å². The van der Waals surface area contributed by atoms with Crippen molar-refractivity contribution in [1.29, 1.82) is 0 Å². The second-order valence-corrected chi connectivity index (χ2v) is 22.2. The second kappa shape index (κ2) is 19.0. The number of ether oxygens (including phenoxy) is 4. The highest BCUT2D eigenvalue weighted by Crippen LogP contribution is 2.44. The van der Waals surface area contributed by atoms with Gasteiger partial charge in [0.1, 0.15) is 11.5 Å². The van der Waals surface area contributed by atoms with Crippen molar-refractivity contribution in [3.05, 3.63) is 89.0 Å². The number of piperidine rings is 1. The zero-order valence-corrected chi connectivity index (χ0v) is 35.9. The third kappa shape index (κ3) is 9.78. The number of carbonyl (C=O) groups is 2. The van der Waals surface area contributed by atoms with E-state index in [0.29, 0.717) is 62.4 Å². The van der Waals surface area contributed by atoms with Gasteiger partial charge in [-0.15, -0.1) is 0 Å². The number of para-hydroxylation sites is 1. The number of methoxy groups -OCH3 is 1. The average Bonchev–Trinajstić information content (AvgIpc) is 3.40. The first kappa shape index (κ1) is 43.2. The minimum Gasteiger partial charge on any atom is -0.496 e. The van der Waals surface area contributed by atoms with E-state index in [2.05, 4.69) is 65.1 Å². The number of hydrogen-bond donors (Lipinski definition) is 2. The third-order valence-corrected chi connectivity index (χ3v) is 18.1. The van der Waals surface area contributed by atoms with Gasteiger partial charge >= 0.3 is 6.09 Å².